The van der Waals surface area contributed by atoms with E-state index < -0.39 is 17.7 Å². The SMILES string of the molecule is CCCOc1cccc(N2C(=O)C(=O)/C(=C(/O)c3cccc(OC)c3)C2c2ccccc2)c1. The van der Waals surface area contributed by atoms with Crippen molar-refractivity contribution in [3.05, 3.63) is 95.6 Å². The lowest BCUT2D eigenvalue weighted by molar-refractivity contribution is -0.132. The molecule has 1 unspecified atom stereocenters. The van der Waals surface area contributed by atoms with Gasteiger partial charge in [0.05, 0.1) is 25.3 Å². The molecule has 1 aliphatic rings. The van der Waals surface area contributed by atoms with Gasteiger partial charge in [-0.2, -0.15) is 0 Å². The molecule has 0 saturated carbocycles. The Morgan fingerprint density at radius 3 is 2.39 bits per heavy atom. The van der Waals surface area contributed by atoms with Gasteiger partial charge in [-0.15, -0.1) is 0 Å². The van der Waals surface area contributed by atoms with E-state index in [-0.39, 0.29) is 11.3 Å². The summed E-state index contributed by atoms with van der Waals surface area (Å²) in [5, 5.41) is 11.2. The molecule has 1 amide bonds. The van der Waals surface area contributed by atoms with Gasteiger partial charge in [-0.05, 0) is 36.2 Å². The Labute approximate surface area is 192 Å². The predicted molar refractivity (Wildman–Crippen MR) is 126 cm³/mol. The van der Waals surface area contributed by atoms with Crippen LogP contribution < -0.4 is 14.4 Å². The zero-order valence-corrected chi connectivity index (χ0v) is 18.5. The molecule has 1 saturated heterocycles. The van der Waals surface area contributed by atoms with Crippen LogP contribution in [0.2, 0.25) is 0 Å². The third-order valence-electron chi connectivity index (χ3n) is 5.47. The van der Waals surface area contributed by atoms with Gasteiger partial charge >= 0.3 is 0 Å². The summed E-state index contributed by atoms with van der Waals surface area (Å²) in [7, 11) is 1.52. The lowest BCUT2D eigenvalue weighted by Gasteiger charge is -2.25. The van der Waals surface area contributed by atoms with Gasteiger partial charge in [0.25, 0.3) is 11.7 Å². The molecule has 6 heteroatoms. The molecule has 3 aromatic rings. The first-order valence-electron chi connectivity index (χ1n) is 10.8. The third-order valence-corrected chi connectivity index (χ3v) is 5.47. The van der Waals surface area contributed by atoms with E-state index in [1.807, 2.05) is 43.3 Å². The van der Waals surface area contributed by atoms with Gasteiger partial charge in [-0.1, -0.05) is 55.5 Å². The number of Topliss-reactive ketones (excluding diaryl/α,β-unsaturated/α-hetero) is 1. The Hall–Kier alpha value is -4.06. The quantitative estimate of drug-likeness (QED) is 0.312. The Kier molecular flexibility index (Phi) is 6.45. The molecule has 0 radical (unpaired) electrons. The summed E-state index contributed by atoms with van der Waals surface area (Å²) in [5.74, 6) is -0.562. The van der Waals surface area contributed by atoms with Gasteiger partial charge in [0.15, 0.2) is 0 Å². The Bertz CT molecular complexity index is 1200. The predicted octanol–water partition coefficient (Wildman–Crippen LogP) is 5.11. The van der Waals surface area contributed by atoms with E-state index in [0.29, 0.717) is 34.9 Å². The van der Waals surface area contributed by atoms with Crippen molar-refractivity contribution in [2.24, 2.45) is 0 Å². The second-order valence-electron chi connectivity index (χ2n) is 7.66. The molecule has 0 aliphatic carbocycles. The fourth-order valence-corrected chi connectivity index (χ4v) is 3.92. The van der Waals surface area contributed by atoms with Crippen molar-refractivity contribution in [2.75, 3.05) is 18.6 Å². The summed E-state index contributed by atoms with van der Waals surface area (Å²) in [5.41, 5.74) is 1.65. The van der Waals surface area contributed by atoms with Gasteiger partial charge in [-0.3, -0.25) is 14.5 Å². The maximum absolute atomic E-state index is 13.2. The highest BCUT2D eigenvalue weighted by atomic mass is 16.5. The van der Waals surface area contributed by atoms with Gasteiger partial charge in [-0.25, -0.2) is 0 Å². The minimum Gasteiger partial charge on any atom is -0.507 e. The molecule has 1 aliphatic heterocycles. The molecule has 4 rings (SSSR count). The third kappa shape index (κ3) is 4.32. The van der Waals surface area contributed by atoms with E-state index in [2.05, 4.69) is 0 Å². The number of carbonyl (C=O) groups excluding carboxylic acids is 2. The summed E-state index contributed by atoms with van der Waals surface area (Å²) in [6.07, 6.45) is 0.847. The number of ketones is 1. The maximum atomic E-state index is 13.2. The van der Waals surface area contributed by atoms with Gasteiger partial charge < -0.3 is 14.6 Å². The highest BCUT2D eigenvalue weighted by Gasteiger charge is 2.47. The van der Waals surface area contributed by atoms with Crippen LogP contribution in [0.1, 0.15) is 30.5 Å². The molecule has 33 heavy (non-hydrogen) atoms. The van der Waals surface area contributed by atoms with Gasteiger partial charge in [0.1, 0.15) is 17.3 Å². The van der Waals surface area contributed by atoms with E-state index in [1.54, 1.807) is 42.5 Å². The second kappa shape index (κ2) is 9.61. The molecule has 1 N–H and O–H groups in total. The lowest BCUT2D eigenvalue weighted by atomic mass is 9.95. The minimum absolute atomic E-state index is 0.0272. The van der Waals surface area contributed by atoms with Gasteiger partial charge in [0.2, 0.25) is 0 Å². The number of methoxy groups -OCH3 is 1. The van der Waals surface area contributed by atoms with Gasteiger partial charge in [0, 0.05) is 17.3 Å². The average molecular weight is 443 g/mol. The van der Waals surface area contributed by atoms with Crippen molar-refractivity contribution >= 4 is 23.1 Å². The highest BCUT2D eigenvalue weighted by Crippen LogP contribution is 2.42. The van der Waals surface area contributed by atoms with Crippen LogP contribution in [-0.2, 0) is 9.59 Å². The lowest BCUT2D eigenvalue weighted by Crippen LogP contribution is -2.29. The van der Waals surface area contributed by atoms with Crippen molar-refractivity contribution in [1.29, 1.82) is 0 Å². The molecule has 0 bridgehead atoms. The number of benzene rings is 3. The molecule has 168 valence electrons. The Morgan fingerprint density at radius 1 is 0.939 bits per heavy atom. The van der Waals surface area contributed by atoms with Crippen LogP contribution in [0, 0.1) is 0 Å². The number of hydrogen-bond donors (Lipinski definition) is 1. The van der Waals surface area contributed by atoms with Crippen molar-refractivity contribution in [2.45, 2.75) is 19.4 Å². The number of anilines is 1. The molecule has 0 aromatic heterocycles. The van der Waals surface area contributed by atoms with Crippen molar-refractivity contribution in [3.8, 4) is 11.5 Å². The van der Waals surface area contributed by atoms with Crippen molar-refractivity contribution in [3.63, 3.8) is 0 Å². The maximum Gasteiger partial charge on any atom is 0.300 e. The summed E-state index contributed by atoms with van der Waals surface area (Å²) < 4.78 is 11.0. The van der Waals surface area contributed by atoms with E-state index in [1.165, 1.54) is 12.0 Å². The highest BCUT2D eigenvalue weighted by molar-refractivity contribution is 6.51. The van der Waals surface area contributed by atoms with Crippen LogP contribution in [-0.4, -0.2) is 30.5 Å². The smallest absolute Gasteiger partial charge is 0.300 e. The molecule has 1 fully saturated rings. The Morgan fingerprint density at radius 2 is 1.67 bits per heavy atom. The molecule has 0 spiro atoms. The fourth-order valence-electron chi connectivity index (χ4n) is 3.92. The van der Waals surface area contributed by atoms with Crippen molar-refractivity contribution < 1.29 is 24.2 Å². The summed E-state index contributed by atoms with van der Waals surface area (Å²) >= 11 is 0. The Balaban J connectivity index is 1.88. The number of carbonyl (C=O) groups is 2. The number of amides is 1. The van der Waals surface area contributed by atoms with Crippen LogP contribution in [0.3, 0.4) is 0 Å². The number of aliphatic hydroxyl groups excluding tert-OH is 1. The number of rotatable bonds is 7. The first-order chi connectivity index (χ1) is 16.0. The number of ether oxygens (including phenoxy) is 2. The molecular formula is C27H25NO5. The topological polar surface area (TPSA) is 76.1 Å². The number of aliphatic hydroxyl groups is 1. The van der Waals surface area contributed by atoms with Crippen LogP contribution in [0.25, 0.3) is 5.76 Å². The van der Waals surface area contributed by atoms with E-state index >= 15 is 0 Å². The largest absolute Gasteiger partial charge is 0.507 e. The monoisotopic (exact) mass is 443 g/mol. The molecule has 1 heterocycles. The van der Waals surface area contributed by atoms with Crippen LogP contribution in [0.15, 0.2) is 84.4 Å². The summed E-state index contributed by atoms with van der Waals surface area (Å²) in [6.45, 7) is 2.55. The minimum atomic E-state index is -0.793. The zero-order valence-electron chi connectivity index (χ0n) is 18.5. The fraction of sp³-hybridized carbons (Fsp3) is 0.185. The summed E-state index contributed by atoms with van der Waals surface area (Å²) in [6, 6.07) is 22.2. The first kappa shape index (κ1) is 22.1. The van der Waals surface area contributed by atoms with Crippen LogP contribution >= 0.6 is 0 Å². The van der Waals surface area contributed by atoms with Crippen LogP contribution in [0.5, 0.6) is 11.5 Å². The number of hydrogen-bond acceptors (Lipinski definition) is 5. The standard InChI is InChI=1S/C27H25NO5/c1-3-15-33-22-14-8-12-20(17-22)28-24(18-9-5-4-6-10-18)23(26(30)27(28)31)25(29)19-11-7-13-21(16-19)32-2/h4-14,16-17,24,29H,3,15H2,1-2H3/b25-23+. The average Bonchev–Trinajstić information content (AvgIpc) is 3.13. The number of nitrogens with zero attached hydrogens (tertiary/aromatic N) is 1. The van der Waals surface area contributed by atoms with E-state index in [4.69, 9.17) is 9.47 Å². The van der Waals surface area contributed by atoms with Crippen LogP contribution in [0.4, 0.5) is 5.69 Å². The molecule has 6 nitrogen and oxygen atoms in total. The first-order valence-corrected chi connectivity index (χ1v) is 10.8. The normalized spacial score (nSPS) is 17.3. The molecule has 1 atom stereocenters. The zero-order chi connectivity index (χ0) is 23.4. The second-order valence-corrected chi connectivity index (χ2v) is 7.66. The van der Waals surface area contributed by atoms with E-state index in [0.717, 1.165) is 6.42 Å². The molecule has 3 aromatic carbocycles. The summed E-state index contributed by atoms with van der Waals surface area (Å²) in [4.78, 5) is 27.9. The van der Waals surface area contributed by atoms with E-state index in [9.17, 15) is 14.7 Å². The molecular weight excluding hydrogens is 418 g/mol. The van der Waals surface area contributed by atoms with Crippen molar-refractivity contribution in [1.82, 2.24) is 0 Å².